The number of phenolic OH excluding ortho intramolecular Hbond substituents is 2. The van der Waals surface area contributed by atoms with Crippen molar-refractivity contribution >= 4 is 0 Å². The highest BCUT2D eigenvalue weighted by Crippen LogP contribution is 2.66. The van der Waals surface area contributed by atoms with Crippen molar-refractivity contribution in [2.45, 2.75) is 43.1 Å². The van der Waals surface area contributed by atoms with Gasteiger partial charge in [-0.25, -0.2) is 0 Å². The molecule has 6 rings (SSSR count). The van der Waals surface area contributed by atoms with Gasteiger partial charge in [-0.2, -0.15) is 0 Å². The highest BCUT2D eigenvalue weighted by molar-refractivity contribution is 5.50. The number of hydrogen-bond donors (Lipinski definition) is 3. The Kier molecular flexibility index (Phi) is 3.06. The molecule has 0 aliphatic heterocycles. The minimum Gasteiger partial charge on any atom is -0.508 e. The highest BCUT2D eigenvalue weighted by atomic mass is 16.3. The molecular weight excluding hydrogens is 310 g/mol. The van der Waals surface area contributed by atoms with Crippen LogP contribution in [0.15, 0.2) is 48.5 Å². The predicted molar refractivity (Wildman–Crippen MR) is 97.5 cm³/mol. The van der Waals surface area contributed by atoms with Gasteiger partial charge in [0, 0.05) is 11.0 Å². The van der Waals surface area contributed by atoms with E-state index >= 15 is 0 Å². The zero-order chi connectivity index (χ0) is 17.2. The average molecular weight is 335 g/mol. The van der Waals surface area contributed by atoms with Crippen molar-refractivity contribution in [1.82, 2.24) is 0 Å². The van der Waals surface area contributed by atoms with E-state index in [-0.39, 0.29) is 11.0 Å². The van der Waals surface area contributed by atoms with Gasteiger partial charge in [-0.1, -0.05) is 24.3 Å². The maximum absolute atomic E-state index is 9.80. The van der Waals surface area contributed by atoms with Crippen LogP contribution >= 0.6 is 0 Å². The number of nitrogens with two attached hydrogens (primary N) is 1. The van der Waals surface area contributed by atoms with Gasteiger partial charge < -0.3 is 15.9 Å². The van der Waals surface area contributed by atoms with Gasteiger partial charge in [0.2, 0.25) is 0 Å². The average Bonchev–Trinajstić information content (AvgIpc) is 2.56. The van der Waals surface area contributed by atoms with Crippen LogP contribution in [-0.4, -0.2) is 15.8 Å². The molecule has 4 saturated carbocycles. The zero-order valence-corrected chi connectivity index (χ0v) is 14.4. The van der Waals surface area contributed by atoms with Crippen LogP contribution in [0.2, 0.25) is 0 Å². The molecule has 0 radical (unpaired) electrons. The Bertz CT molecular complexity index is 736. The highest BCUT2D eigenvalue weighted by Gasteiger charge is 2.65. The van der Waals surface area contributed by atoms with E-state index in [0.717, 1.165) is 24.7 Å². The Hall–Kier alpha value is -2.00. The standard InChI is InChI=1S/C22H25NO2/c23-21-12-14-9-15(13-21)11-18(10-14)22(21,16-1-5-19(24)6-2-16)17-3-7-20(25)8-4-17/h1-8,14-15,18,24-25H,9-13,23H2. The fourth-order valence-corrected chi connectivity index (χ4v) is 6.76. The van der Waals surface area contributed by atoms with Crippen molar-refractivity contribution in [3.63, 3.8) is 0 Å². The van der Waals surface area contributed by atoms with Crippen molar-refractivity contribution in [3.05, 3.63) is 59.7 Å². The predicted octanol–water partition coefficient (Wildman–Crippen LogP) is 3.92. The lowest BCUT2D eigenvalue weighted by Crippen LogP contribution is -2.71. The molecule has 2 aromatic carbocycles. The summed E-state index contributed by atoms with van der Waals surface area (Å²) in [6.45, 7) is 0. The van der Waals surface area contributed by atoms with Gasteiger partial charge in [0.1, 0.15) is 11.5 Å². The van der Waals surface area contributed by atoms with Gasteiger partial charge in [0.05, 0.1) is 0 Å². The Balaban J connectivity index is 1.77. The smallest absolute Gasteiger partial charge is 0.115 e. The third kappa shape index (κ3) is 1.96. The fourth-order valence-electron chi connectivity index (χ4n) is 6.76. The molecule has 0 saturated heterocycles. The Morgan fingerprint density at radius 2 is 1.16 bits per heavy atom. The van der Waals surface area contributed by atoms with E-state index in [1.165, 1.54) is 30.4 Å². The van der Waals surface area contributed by atoms with E-state index in [4.69, 9.17) is 5.73 Å². The minimum absolute atomic E-state index is 0.234. The second-order valence-electron chi connectivity index (χ2n) is 8.60. The molecule has 2 unspecified atom stereocenters. The SMILES string of the molecule is NC12CC3CC(CC(C3)C1(c1ccc(O)cc1)c1ccc(O)cc1)C2. The molecule has 0 heterocycles. The Labute approximate surface area is 148 Å². The van der Waals surface area contributed by atoms with Gasteiger partial charge in [0.15, 0.2) is 0 Å². The van der Waals surface area contributed by atoms with Crippen molar-refractivity contribution < 1.29 is 10.2 Å². The van der Waals surface area contributed by atoms with E-state index in [2.05, 4.69) is 24.3 Å². The molecule has 4 fully saturated rings. The summed E-state index contributed by atoms with van der Waals surface area (Å²) in [6, 6.07) is 15.4. The first-order valence-electron chi connectivity index (χ1n) is 9.39. The number of phenols is 2. The summed E-state index contributed by atoms with van der Waals surface area (Å²) < 4.78 is 0. The fraction of sp³-hybridized carbons (Fsp3) is 0.455. The van der Waals surface area contributed by atoms with Crippen LogP contribution < -0.4 is 5.73 Å². The topological polar surface area (TPSA) is 66.5 Å². The van der Waals surface area contributed by atoms with Crippen LogP contribution in [0, 0.1) is 17.8 Å². The van der Waals surface area contributed by atoms with E-state index in [1.807, 2.05) is 0 Å². The van der Waals surface area contributed by atoms with Crippen molar-refractivity contribution in [2.75, 3.05) is 0 Å². The third-order valence-corrected chi connectivity index (χ3v) is 7.25. The zero-order valence-electron chi connectivity index (χ0n) is 14.4. The van der Waals surface area contributed by atoms with Crippen LogP contribution in [0.4, 0.5) is 0 Å². The van der Waals surface area contributed by atoms with E-state index in [9.17, 15) is 10.2 Å². The summed E-state index contributed by atoms with van der Waals surface area (Å²) in [5, 5.41) is 19.6. The summed E-state index contributed by atoms with van der Waals surface area (Å²) in [6.07, 6.45) is 5.95. The lowest BCUT2D eigenvalue weighted by molar-refractivity contribution is -0.0607. The lowest BCUT2D eigenvalue weighted by Gasteiger charge is -2.67. The van der Waals surface area contributed by atoms with E-state index < -0.39 is 0 Å². The lowest BCUT2D eigenvalue weighted by atomic mass is 9.39. The van der Waals surface area contributed by atoms with Crippen molar-refractivity contribution in [2.24, 2.45) is 23.5 Å². The Morgan fingerprint density at radius 1 is 0.720 bits per heavy atom. The Morgan fingerprint density at radius 3 is 1.56 bits per heavy atom. The third-order valence-electron chi connectivity index (χ3n) is 7.25. The van der Waals surface area contributed by atoms with Crippen LogP contribution in [0.5, 0.6) is 11.5 Å². The molecule has 130 valence electrons. The first-order chi connectivity index (χ1) is 12.0. The number of benzene rings is 2. The maximum atomic E-state index is 9.80. The molecule has 0 amide bonds. The van der Waals surface area contributed by atoms with Crippen LogP contribution in [-0.2, 0) is 5.41 Å². The molecule has 4 aliphatic carbocycles. The molecule has 4 N–H and O–H groups in total. The molecule has 0 aromatic heterocycles. The second-order valence-corrected chi connectivity index (χ2v) is 8.60. The van der Waals surface area contributed by atoms with Gasteiger partial charge >= 0.3 is 0 Å². The summed E-state index contributed by atoms with van der Waals surface area (Å²) in [5.41, 5.74) is 9.15. The normalized spacial score (nSPS) is 35.0. The molecule has 4 aliphatic rings. The quantitative estimate of drug-likeness (QED) is 0.779. The van der Waals surface area contributed by atoms with E-state index in [1.54, 1.807) is 24.3 Å². The van der Waals surface area contributed by atoms with E-state index in [0.29, 0.717) is 17.4 Å². The van der Waals surface area contributed by atoms with Gasteiger partial charge in [-0.15, -0.1) is 0 Å². The number of aromatic hydroxyl groups is 2. The van der Waals surface area contributed by atoms with Crippen LogP contribution in [0.25, 0.3) is 0 Å². The van der Waals surface area contributed by atoms with Gasteiger partial charge in [-0.05, 0) is 85.3 Å². The minimum atomic E-state index is -0.254. The largest absolute Gasteiger partial charge is 0.508 e. The maximum Gasteiger partial charge on any atom is 0.115 e. The molecule has 3 nitrogen and oxygen atoms in total. The molecule has 2 aromatic rings. The molecule has 2 atom stereocenters. The number of rotatable bonds is 2. The monoisotopic (exact) mass is 335 g/mol. The molecule has 4 bridgehead atoms. The van der Waals surface area contributed by atoms with Crippen LogP contribution in [0.3, 0.4) is 0 Å². The first-order valence-corrected chi connectivity index (χ1v) is 9.39. The van der Waals surface area contributed by atoms with Crippen LogP contribution in [0.1, 0.15) is 43.2 Å². The molecule has 25 heavy (non-hydrogen) atoms. The molecular formula is C22H25NO2. The summed E-state index contributed by atoms with van der Waals surface area (Å²) in [5.74, 6) is 2.62. The van der Waals surface area contributed by atoms with Gasteiger partial charge in [0.25, 0.3) is 0 Å². The molecule has 0 spiro atoms. The van der Waals surface area contributed by atoms with Gasteiger partial charge in [-0.3, -0.25) is 0 Å². The number of hydrogen-bond acceptors (Lipinski definition) is 3. The van der Waals surface area contributed by atoms with Crippen molar-refractivity contribution in [1.29, 1.82) is 0 Å². The molecule has 3 heteroatoms. The first kappa shape index (κ1) is 15.3. The second kappa shape index (κ2) is 5.01. The summed E-state index contributed by atoms with van der Waals surface area (Å²) >= 11 is 0. The van der Waals surface area contributed by atoms with Crippen molar-refractivity contribution in [3.8, 4) is 11.5 Å². The summed E-state index contributed by atoms with van der Waals surface area (Å²) in [4.78, 5) is 0. The summed E-state index contributed by atoms with van der Waals surface area (Å²) in [7, 11) is 0.